The third kappa shape index (κ3) is 3.99. The second kappa shape index (κ2) is 7.11. The van der Waals surface area contributed by atoms with E-state index in [0.717, 1.165) is 25.0 Å². The Labute approximate surface area is 137 Å². The van der Waals surface area contributed by atoms with Crippen molar-refractivity contribution in [2.45, 2.75) is 25.8 Å². The third-order valence-corrected chi connectivity index (χ3v) is 3.58. The number of carbonyl (C=O) groups is 1. The largest absolute Gasteiger partial charge is 0.506 e. The fraction of sp³-hybridized carbons (Fsp3) is 0.333. The molecule has 1 aliphatic carbocycles. The Bertz CT molecular complexity index is 654. The van der Waals surface area contributed by atoms with E-state index in [1.165, 1.54) is 6.21 Å². The molecule has 0 saturated heterocycles. The molecule has 0 spiro atoms. The summed E-state index contributed by atoms with van der Waals surface area (Å²) in [4.78, 5) is 16.1. The number of carbonyl (C=O) groups excluding carboxylic acids is 1. The molecule has 0 aliphatic heterocycles. The second-order valence-corrected chi connectivity index (χ2v) is 5.55. The Morgan fingerprint density at radius 3 is 2.73 bits per heavy atom. The van der Waals surface area contributed by atoms with Crippen LogP contribution in [0.25, 0.3) is 5.76 Å². The van der Waals surface area contributed by atoms with Gasteiger partial charge >= 0.3 is 5.97 Å². The van der Waals surface area contributed by atoms with Crippen LogP contribution in [-0.2, 0) is 9.53 Å². The summed E-state index contributed by atoms with van der Waals surface area (Å²) in [5.74, 6) is -2.01. The summed E-state index contributed by atoms with van der Waals surface area (Å²) in [7, 11) is 0. The van der Waals surface area contributed by atoms with Crippen molar-refractivity contribution < 1.29 is 19.0 Å². The number of aliphatic hydroxyl groups excluding tert-OH is 1. The van der Waals surface area contributed by atoms with E-state index in [4.69, 9.17) is 27.9 Å². The van der Waals surface area contributed by atoms with Gasteiger partial charge < -0.3 is 9.84 Å². The van der Waals surface area contributed by atoms with Gasteiger partial charge in [-0.1, -0.05) is 23.2 Å². The number of esters is 1. The topological polar surface area (TPSA) is 58.9 Å². The zero-order chi connectivity index (χ0) is 16.3. The highest BCUT2D eigenvalue weighted by molar-refractivity contribution is 6.36. The molecule has 22 heavy (non-hydrogen) atoms. The zero-order valence-electron chi connectivity index (χ0n) is 11.8. The van der Waals surface area contributed by atoms with E-state index in [-0.39, 0.29) is 33.8 Å². The number of rotatable bonds is 5. The molecule has 1 fully saturated rings. The average Bonchev–Trinajstić information content (AvgIpc) is 3.27. The highest BCUT2D eigenvalue weighted by Crippen LogP contribution is 2.30. The summed E-state index contributed by atoms with van der Waals surface area (Å²) in [6.07, 6.45) is 3.11. The van der Waals surface area contributed by atoms with Gasteiger partial charge in [0.2, 0.25) is 0 Å². The smallest absolute Gasteiger partial charge is 0.343 e. The van der Waals surface area contributed by atoms with E-state index in [1.807, 2.05) is 0 Å². The van der Waals surface area contributed by atoms with Crippen LogP contribution >= 0.6 is 23.2 Å². The Hall–Kier alpha value is -1.59. The molecule has 1 N–H and O–H groups in total. The number of ether oxygens (including phenoxy) is 1. The van der Waals surface area contributed by atoms with Gasteiger partial charge in [0.05, 0.1) is 22.7 Å². The zero-order valence-corrected chi connectivity index (χ0v) is 13.3. The lowest BCUT2D eigenvalue weighted by atomic mass is 10.1. The Balaban J connectivity index is 2.47. The fourth-order valence-corrected chi connectivity index (χ4v) is 2.14. The highest BCUT2D eigenvalue weighted by atomic mass is 35.5. The minimum atomic E-state index is -0.755. The van der Waals surface area contributed by atoms with Crippen molar-refractivity contribution in [1.29, 1.82) is 0 Å². The van der Waals surface area contributed by atoms with E-state index in [0.29, 0.717) is 0 Å². The maximum atomic E-state index is 13.6. The van der Waals surface area contributed by atoms with Crippen molar-refractivity contribution in [2.24, 2.45) is 4.99 Å². The second-order valence-electron chi connectivity index (χ2n) is 4.74. The molecule has 0 heterocycles. The number of hydrogen-bond acceptors (Lipinski definition) is 4. The summed E-state index contributed by atoms with van der Waals surface area (Å²) in [5.41, 5.74) is -0.216. The van der Waals surface area contributed by atoms with E-state index in [2.05, 4.69) is 4.99 Å². The van der Waals surface area contributed by atoms with Gasteiger partial charge in [-0.05, 0) is 31.9 Å². The molecule has 7 heteroatoms. The summed E-state index contributed by atoms with van der Waals surface area (Å²) in [6, 6.07) is 2.27. The van der Waals surface area contributed by atoms with Crippen molar-refractivity contribution in [2.75, 3.05) is 6.61 Å². The van der Waals surface area contributed by atoms with Gasteiger partial charge in [0, 0.05) is 11.8 Å². The minimum absolute atomic E-state index is 0.0190. The standard InChI is InChI=1S/C15H14Cl2FNO3/c1-2-22-15(21)10(7-19-8-3-4-8)14(20)9-5-13(18)12(17)6-11(9)16/h5-8,20H,2-4H2,1H3/b14-10+,19-7?. The Morgan fingerprint density at radius 1 is 1.45 bits per heavy atom. The van der Waals surface area contributed by atoms with Crippen molar-refractivity contribution >= 4 is 41.1 Å². The SMILES string of the molecule is CCOC(=O)/C(C=NC1CC1)=C(/O)c1cc(F)c(Cl)cc1Cl. The van der Waals surface area contributed by atoms with E-state index in [9.17, 15) is 14.3 Å². The molecule has 0 atom stereocenters. The normalized spacial score (nSPS) is 15.8. The first-order valence-electron chi connectivity index (χ1n) is 6.72. The first kappa shape index (κ1) is 16.8. The fourth-order valence-electron chi connectivity index (χ4n) is 1.67. The predicted octanol–water partition coefficient (Wildman–Crippen LogP) is 4.20. The van der Waals surface area contributed by atoms with Gasteiger partial charge in [0.15, 0.2) is 0 Å². The van der Waals surface area contributed by atoms with Crippen molar-refractivity contribution in [1.82, 2.24) is 0 Å². The molecule has 0 unspecified atom stereocenters. The third-order valence-electron chi connectivity index (χ3n) is 2.98. The maximum Gasteiger partial charge on any atom is 0.343 e. The average molecular weight is 346 g/mol. The van der Waals surface area contributed by atoms with Crippen LogP contribution in [-0.4, -0.2) is 29.9 Å². The number of nitrogens with zero attached hydrogens (tertiary/aromatic N) is 1. The quantitative estimate of drug-likeness (QED) is 0.286. The number of hydrogen-bond donors (Lipinski definition) is 1. The number of halogens is 3. The van der Waals surface area contributed by atoms with Crippen LogP contribution < -0.4 is 0 Å². The lowest BCUT2D eigenvalue weighted by Gasteiger charge is -2.09. The summed E-state index contributed by atoms with van der Waals surface area (Å²) in [6.45, 7) is 1.77. The molecule has 1 aromatic rings. The predicted molar refractivity (Wildman–Crippen MR) is 84.1 cm³/mol. The van der Waals surface area contributed by atoms with Crippen LogP contribution in [0.5, 0.6) is 0 Å². The van der Waals surface area contributed by atoms with Crippen LogP contribution in [0.2, 0.25) is 10.0 Å². The first-order valence-corrected chi connectivity index (χ1v) is 7.48. The van der Waals surface area contributed by atoms with Gasteiger partial charge in [-0.15, -0.1) is 0 Å². The maximum absolute atomic E-state index is 13.6. The van der Waals surface area contributed by atoms with Crippen molar-refractivity contribution in [3.05, 3.63) is 39.1 Å². The lowest BCUT2D eigenvalue weighted by Crippen LogP contribution is -2.12. The van der Waals surface area contributed by atoms with Crippen LogP contribution in [0.1, 0.15) is 25.3 Å². The molecular formula is C15H14Cl2FNO3. The van der Waals surface area contributed by atoms with E-state index in [1.54, 1.807) is 6.92 Å². The lowest BCUT2D eigenvalue weighted by molar-refractivity contribution is -0.137. The molecule has 0 aromatic heterocycles. The molecule has 0 amide bonds. The summed E-state index contributed by atoms with van der Waals surface area (Å²) >= 11 is 11.6. The Morgan fingerprint density at radius 2 is 2.14 bits per heavy atom. The highest BCUT2D eigenvalue weighted by Gasteiger charge is 2.23. The van der Waals surface area contributed by atoms with Gasteiger partial charge in [-0.25, -0.2) is 9.18 Å². The van der Waals surface area contributed by atoms with Crippen molar-refractivity contribution in [3.63, 3.8) is 0 Å². The molecule has 1 aromatic carbocycles. The molecular weight excluding hydrogens is 332 g/mol. The van der Waals surface area contributed by atoms with Gasteiger partial charge in [-0.2, -0.15) is 0 Å². The van der Waals surface area contributed by atoms with Crippen LogP contribution in [0.15, 0.2) is 22.7 Å². The van der Waals surface area contributed by atoms with E-state index >= 15 is 0 Å². The van der Waals surface area contributed by atoms with Gasteiger partial charge in [-0.3, -0.25) is 4.99 Å². The molecule has 1 saturated carbocycles. The Kier molecular flexibility index (Phi) is 5.42. The molecule has 4 nitrogen and oxygen atoms in total. The van der Waals surface area contributed by atoms with Crippen LogP contribution in [0.4, 0.5) is 4.39 Å². The monoisotopic (exact) mass is 345 g/mol. The van der Waals surface area contributed by atoms with Gasteiger partial charge in [0.1, 0.15) is 17.1 Å². The molecule has 0 bridgehead atoms. The molecule has 1 aliphatic rings. The number of benzene rings is 1. The summed E-state index contributed by atoms with van der Waals surface area (Å²) < 4.78 is 18.5. The molecule has 2 rings (SSSR count). The van der Waals surface area contributed by atoms with Crippen LogP contribution in [0, 0.1) is 5.82 Å². The first-order chi connectivity index (χ1) is 10.4. The molecule has 0 radical (unpaired) electrons. The van der Waals surface area contributed by atoms with Crippen LogP contribution in [0.3, 0.4) is 0 Å². The molecule has 118 valence electrons. The van der Waals surface area contributed by atoms with Crippen molar-refractivity contribution in [3.8, 4) is 0 Å². The van der Waals surface area contributed by atoms with Gasteiger partial charge in [0.25, 0.3) is 0 Å². The summed E-state index contributed by atoms with van der Waals surface area (Å²) in [5, 5.41) is 10.1. The number of aliphatic hydroxyl groups is 1. The minimum Gasteiger partial charge on any atom is -0.506 e. The van der Waals surface area contributed by atoms with E-state index < -0.39 is 17.5 Å². The number of aliphatic imine (C=N–C) groups is 1.